The normalized spacial score (nSPS) is 13.5. The van der Waals surface area contributed by atoms with Crippen LogP contribution in [0.2, 0.25) is 0 Å². The van der Waals surface area contributed by atoms with Gasteiger partial charge in [0.2, 0.25) is 23.7 Å². The summed E-state index contributed by atoms with van der Waals surface area (Å²) >= 11 is 0. The van der Waals surface area contributed by atoms with Gasteiger partial charge in [-0.05, 0) is 73.6 Å². The van der Waals surface area contributed by atoms with Crippen LogP contribution >= 0.6 is 0 Å². The fourth-order valence-corrected chi connectivity index (χ4v) is 6.65. The van der Waals surface area contributed by atoms with Crippen LogP contribution in [0.5, 0.6) is 11.8 Å². The maximum atomic E-state index is 9.41. The first-order chi connectivity index (χ1) is 35.5. The SMILES string of the molecule is C=CCN1CCN(c2nc(OCCCCC)c3ccccc3n2)CC1.C=CCN1CCN(c2nc(OCCCCC)c3ccccc3n2)CC1.O=C([O-])/C=C/C(=O)[O-].O=C([O-])/C=C/C(=O)[O-].O=C([O-])/C=C/C(=O)[O-]. The number of carbonyl (C=O) groups excluding carboxylic acids is 6. The van der Waals surface area contributed by atoms with Gasteiger partial charge in [0.1, 0.15) is 0 Å². The lowest BCUT2D eigenvalue weighted by Gasteiger charge is -2.34. The quantitative estimate of drug-likeness (QED) is 0.0473. The Labute approximate surface area is 429 Å². The minimum absolute atomic E-state index is 0.384. The summed E-state index contributed by atoms with van der Waals surface area (Å²) in [5, 5.41) is 58.5. The van der Waals surface area contributed by atoms with Gasteiger partial charge in [0.25, 0.3) is 0 Å². The number of carboxylic acid groups (broad SMARTS) is 6. The molecule has 0 unspecified atom stereocenters. The highest BCUT2D eigenvalue weighted by atomic mass is 16.5. The zero-order valence-corrected chi connectivity index (χ0v) is 41.7. The molecule has 2 aliphatic heterocycles. The van der Waals surface area contributed by atoms with Crippen LogP contribution in [0, 0.1) is 0 Å². The van der Waals surface area contributed by atoms with Crippen molar-refractivity contribution in [3.8, 4) is 11.8 Å². The molecule has 0 N–H and O–H groups in total. The number of anilines is 2. The van der Waals surface area contributed by atoms with Crippen LogP contribution in [0.1, 0.15) is 52.4 Å². The summed E-state index contributed by atoms with van der Waals surface area (Å²) in [7, 11) is 0. The van der Waals surface area contributed by atoms with Crippen LogP contribution in [-0.4, -0.2) is 144 Å². The molecule has 0 bridgehead atoms. The molecule has 0 aliphatic carbocycles. The number of carboxylic acids is 6. The molecule has 2 aromatic carbocycles. The Morgan fingerprint density at radius 3 is 1.04 bits per heavy atom. The van der Waals surface area contributed by atoms with Crippen molar-refractivity contribution in [2.75, 3.05) is 88.5 Å². The molecule has 0 amide bonds. The van der Waals surface area contributed by atoms with Gasteiger partial charge in [0, 0.05) is 65.4 Å². The number of benzene rings is 2. The second kappa shape index (κ2) is 35.8. The average Bonchev–Trinajstić information content (AvgIpc) is 3.38. The van der Waals surface area contributed by atoms with Crippen molar-refractivity contribution >= 4 is 69.5 Å². The molecule has 0 saturated carbocycles. The molecule has 4 aromatic rings. The molecular weight excluding hydrogens is 961 g/mol. The topological polar surface area (TPSA) is 324 Å². The Kier molecular flexibility index (Phi) is 29.9. The number of carbonyl (C=O) groups is 6. The molecule has 0 atom stereocenters. The Morgan fingerprint density at radius 2 is 0.770 bits per heavy atom. The number of fused-ring (bicyclic) bond motifs is 2. The predicted octanol–water partition coefficient (Wildman–Crippen LogP) is -1.86. The van der Waals surface area contributed by atoms with Crippen LogP contribution < -0.4 is 49.9 Å². The van der Waals surface area contributed by atoms with E-state index in [0.717, 1.165) is 112 Å². The number of hydrogen-bond donors (Lipinski definition) is 0. The number of piperazine rings is 2. The van der Waals surface area contributed by atoms with Crippen LogP contribution in [0.4, 0.5) is 11.9 Å². The number of rotatable bonds is 22. The van der Waals surface area contributed by atoms with Gasteiger partial charge >= 0.3 is 0 Å². The highest BCUT2D eigenvalue weighted by molar-refractivity contribution is 5.89. The minimum atomic E-state index is -1.55. The van der Waals surface area contributed by atoms with Gasteiger partial charge in [0.15, 0.2) is 0 Å². The van der Waals surface area contributed by atoms with E-state index >= 15 is 0 Å². The van der Waals surface area contributed by atoms with Gasteiger partial charge < -0.3 is 78.7 Å². The van der Waals surface area contributed by atoms with Crippen LogP contribution in [0.3, 0.4) is 0 Å². The highest BCUT2D eigenvalue weighted by Gasteiger charge is 2.22. The smallest absolute Gasteiger partial charge is 0.229 e. The van der Waals surface area contributed by atoms with Gasteiger partial charge in [-0.25, -0.2) is 9.97 Å². The summed E-state index contributed by atoms with van der Waals surface area (Å²) in [5.74, 6) is -6.30. The fraction of sp³-hybridized carbons (Fsp3) is 0.385. The maximum Gasteiger partial charge on any atom is 0.229 e. The predicted molar refractivity (Wildman–Crippen MR) is 264 cm³/mol. The van der Waals surface area contributed by atoms with Crippen molar-refractivity contribution in [1.29, 1.82) is 0 Å². The van der Waals surface area contributed by atoms with Crippen LogP contribution in [0.25, 0.3) is 21.8 Å². The Balaban J connectivity index is 0.000000355. The fourth-order valence-electron chi connectivity index (χ4n) is 6.65. The third-order valence-corrected chi connectivity index (χ3v) is 10.2. The van der Waals surface area contributed by atoms with Crippen molar-refractivity contribution in [2.24, 2.45) is 0 Å². The van der Waals surface area contributed by atoms with E-state index in [9.17, 15) is 59.4 Å². The van der Waals surface area contributed by atoms with E-state index in [1.165, 1.54) is 25.7 Å². The molecule has 2 fully saturated rings. The van der Waals surface area contributed by atoms with Crippen molar-refractivity contribution < 1.29 is 68.9 Å². The lowest BCUT2D eigenvalue weighted by molar-refractivity contribution is -0.301. The van der Waals surface area contributed by atoms with E-state index in [1.54, 1.807) is 0 Å². The molecule has 2 saturated heterocycles. The minimum Gasteiger partial charge on any atom is -0.545 e. The first-order valence-electron chi connectivity index (χ1n) is 23.8. The second-order valence-electron chi connectivity index (χ2n) is 15.9. The standard InChI is InChI=1S/2C20H28N4O.3C4H4O4/c2*1-3-5-8-16-25-19-17-9-6-7-10-18(17)21-20(22-19)24-14-12-23(11-4-2)13-15-24;3*5-3(6)1-2-4(7)8/h2*4,6-7,9-10H,2-3,5,8,11-16H2,1H3;3*1-2H,(H,5,6)(H,7,8)/p-6/b;;3*2-1+. The summed E-state index contributed by atoms with van der Waals surface area (Å²) < 4.78 is 12.0. The molecule has 74 heavy (non-hydrogen) atoms. The monoisotopic (exact) mass is 1020 g/mol. The van der Waals surface area contributed by atoms with Gasteiger partial charge in [-0.2, -0.15) is 9.97 Å². The zero-order chi connectivity index (χ0) is 54.7. The second-order valence-corrected chi connectivity index (χ2v) is 15.9. The molecule has 22 heteroatoms. The van der Waals surface area contributed by atoms with E-state index in [0.29, 0.717) is 61.4 Å². The Hall–Kier alpha value is -8.24. The summed E-state index contributed by atoms with van der Waals surface area (Å²) in [6.07, 6.45) is 13.1. The molecule has 2 aliphatic rings. The summed E-state index contributed by atoms with van der Waals surface area (Å²) in [5.41, 5.74) is 1.90. The Bertz CT molecular complexity index is 2270. The van der Waals surface area contributed by atoms with E-state index < -0.39 is 35.8 Å². The van der Waals surface area contributed by atoms with E-state index in [-0.39, 0.29) is 0 Å². The van der Waals surface area contributed by atoms with Gasteiger partial charge in [0.05, 0.1) is 70.8 Å². The van der Waals surface area contributed by atoms with Crippen molar-refractivity contribution in [2.45, 2.75) is 52.4 Å². The van der Waals surface area contributed by atoms with Crippen molar-refractivity contribution in [3.05, 3.63) is 110 Å². The lowest BCUT2D eigenvalue weighted by Crippen LogP contribution is -2.46. The molecule has 22 nitrogen and oxygen atoms in total. The molecule has 2 aromatic heterocycles. The van der Waals surface area contributed by atoms with E-state index in [2.05, 4.69) is 46.6 Å². The first-order valence-corrected chi connectivity index (χ1v) is 23.8. The van der Waals surface area contributed by atoms with E-state index in [1.807, 2.05) is 60.7 Å². The average molecular weight is 1020 g/mol. The number of ether oxygens (including phenoxy) is 2. The lowest BCUT2D eigenvalue weighted by atomic mass is 10.2. The molecular formula is C52H62N8O14-6. The molecule has 0 spiro atoms. The first kappa shape index (κ1) is 61.9. The summed E-state index contributed by atoms with van der Waals surface area (Å²) in [4.78, 5) is 84.8. The van der Waals surface area contributed by atoms with Crippen LogP contribution in [0.15, 0.2) is 110 Å². The summed E-state index contributed by atoms with van der Waals surface area (Å²) in [6, 6.07) is 16.2. The number of unbranched alkanes of at least 4 members (excludes halogenated alkanes) is 4. The third-order valence-electron chi connectivity index (χ3n) is 10.2. The number of hydrogen-bond acceptors (Lipinski definition) is 22. The highest BCUT2D eigenvalue weighted by Crippen LogP contribution is 2.27. The van der Waals surface area contributed by atoms with E-state index in [4.69, 9.17) is 29.4 Å². The maximum absolute atomic E-state index is 9.41. The largest absolute Gasteiger partial charge is 0.545 e. The number of aliphatic carboxylic acids is 6. The molecule has 4 heterocycles. The summed E-state index contributed by atoms with van der Waals surface area (Å²) in [6.45, 7) is 23.1. The third kappa shape index (κ3) is 25.7. The number of nitrogens with zero attached hydrogens (tertiary/aromatic N) is 8. The number of aromatic nitrogens is 4. The zero-order valence-electron chi connectivity index (χ0n) is 41.7. The van der Waals surface area contributed by atoms with Crippen molar-refractivity contribution in [3.63, 3.8) is 0 Å². The molecule has 400 valence electrons. The van der Waals surface area contributed by atoms with Gasteiger partial charge in [-0.15, -0.1) is 13.2 Å². The van der Waals surface area contributed by atoms with Gasteiger partial charge in [-0.3, -0.25) is 9.80 Å². The molecule has 0 radical (unpaired) electrons. The Morgan fingerprint density at radius 1 is 0.473 bits per heavy atom. The van der Waals surface area contributed by atoms with Crippen LogP contribution in [-0.2, 0) is 28.8 Å². The number of para-hydroxylation sites is 2. The van der Waals surface area contributed by atoms with Gasteiger partial charge in [-0.1, -0.05) is 75.9 Å². The molecule has 6 rings (SSSR count). The van der Waals surface area contributed by atoms with Crippen molar-refractivity contribution in [1.82, 2.24) is 29.7 Å².